The van der Waals surface area contributed by atoms with Gasteiger partial charge in [-0.05, 0) is 42.5 Å². The predicted molar refractivity (Wildman–Crippen MR) is 110 cm³/mol. The van der Waals surface area contributed by atoms with Crippen LogP contribution >= 0.6 is 0 Å². The zero-order valence-electron chi connectivity index (χ0n) is 16.4. The molecule has 0 aromatic heterocycles. The molecule has 0 saturated heterocycles. The van der Waals surface area contributed by atoms with Crippen LogP contribution < -0.4 is 10.2 Å². The molecule has 2 aromatic rings. The van der Waals surface area contributed by atoms with Gasteiger partial charge < -0.3 is 10.2 Å². The number of carbonyl (C=O) groups excluding carboxylic acids is 2. The van der Waals surface area contributed by atoms with E-state index in [1.54, 1.807) is 0 Å². The van der Waals surface area contributed by atoms with Crippen LogP contribution in [0, 0.1) is 5.92 Å². The summed E-state index contributed by atoms with van der Waals surface area (Å²) in [6.07, 6.45) is 2.68. The lowest BCUT2D eigenvalue weighted by atomic mass is 9.95. The fourth-order valence-corrected chi connectivity index (χ4v) is 3.68. The van der Waals surface area contributed by atoms with Crippen LogP contribution in [0.2, 0.25) is 0 Å². The van der Waals surface area contributed by atoms with Crippen molar-refractivity contribution < 1.29 is 9.59 Å². The minimum atomic E-state index is -0.185. The summed E-state index contributed by atoms with van der Waals surface area (Å²) in [5.74, 6) is -0.108. The van der Waals surface area contributed by atoms with E-state index in [1.807, 2.05) is 74.2 Å². The summed E-state index contributed by atoms with van der Waals surface area (Å²) < 4.78 is 0. The fourth-order valence-electron chi connectivity index (χ4n) is 3.68. The number of aryl methyl sites for hydroxylation is 1. The maximum atomic E-state index is 12.8. The smallest absolute Gasteiger partial charge is 0.231 e. The number of carbonyl (C=O) groups is 2. The van der Waals surface area contributed by atoms with Gasteiger partial charge in [0.05, 0.1) is 5.92 Å². The first-order chi connectivity index (χ1) is 13.0. The molecule has 1 aliphatic rings. The molecule has 0 radical (unpaired) electrons. The van der Waals surface area contributed by atoms with Gasteiger partial charge in [0.1, 0.15) is 0 Å². The van der Waals surface area contributed by atoms with Crippen LogP contribution in [0.4, 0.5) is 11.4 Å². The highest BCUT2D eigenvalue weighted by Crippen LogP contribution is 2.32. The first-order valence-corrected chi connectivity index (χ1v) is 9.81. The van der Waals surface area contributed by atoms with Gasteiger partial charge in [-0.25, -0.2) is 0 Å². The molecule has 0 bridgehead atoms. The Morgan fingerprint density at radius 1 is 1.11 bits per heavy atom. The molecular formula is C23H28N2O2. The zero-order valence-corrected chi connectivity index (χ0v) is 16.4. The molecular weight excluding hydrogens is 336 g/mol. The van der Waals surface area contributed by atoms with E-state index in [1.165, 1.54) is 5.56 Å². The van der Waals surface area contributed by atoms with Crippen LogP contribution in [0.3, 0.4) is 0 Å². The van der Waals surface area contributed by atoms with Crippen LogP contribution in [-0.2, 0) is 16.0 Å². The number of hydrogen-bond acceptors (Lipinski definition) is 2. The number of fused-ring (bicyclic) bond motifs is 1. The van der Waals surface area contributed by atoms with Crippen molar-refractivity contribution in [3.63, 3.8) is 0 Å². The van der Waals surface area contributed by atoms with E-state index in [2.05, 4.69) is 5.32 Å². The molecule has 3 rings (SSSR count). The summed E-state index contributed by atoms with van der Waals surface area (Å²) in [5.41, 5.74) is 3.87. The van der Waals surface area contributed by atoms with E-state index in [4.69, 9.17) is 0 Å². The Bertz CT molecular complexity index is 814. The lowest BCUT2D eigenvalue weighted by Gasteiger charge is -2.31. The Labute approximate surface area is 161 Å². The predicted octanol–water partition coefficient (Wildman–Crippen LogP) is 4.75. The maximum Gasteiger partial charge on any atom is 0.231 e. The van der Waals surface area contributed by atoms with E-state index in [-0.39, 0.29) is 23.7 Å². The summed E-state index contributed by atoms with van der Waals surface area (Å²) in [4.78, 5) is 27.3. The van der Waals surface area contributed by atoms with Gasteiger partial charge in [-0.15, -0.1) is 0 Å². The van der Waals surface area contributed by atoms with Crippen LogP contribution in [-0.4, -0.2) is 18.4 Å². The average molecular weight is 364 g/mol. The van der Waals surface area contributed by atoms with Gasteiger partial charge >= 0.3 is 0 Å². The maximum absolute atomic E-state index is 12.8. The van der Waals surface area contributed by atoms with E-state index in [0.29, 0.717) is 0 Å². The minimum Gasteiger partial charge on any atom is -0.325 e. The molecule has 4 nitrogen and oxygen atoms in total. The molecule has 142 valence electrons. The lowest BCUT2D eigenvalue weighted by Crippen LogP contribution is -2.38. The van der Waals surface area contributed by atoms with Gasteiger partial charge in [0.15, 0.2) is 0 Å². The molecule has 0 spiro atoms. The van der Waals surface area contributed by atoms with Crippen LogP contribution in [0.15, 0.2) is 48.5 Å². The molecule has 1 N–H and O–H groups in total. The van der Waals surface area contributed by atoms with Crippen molar-refractivity contribution in [2.24, 2.45) is 5.92 Å². The first-order valence-electron chi connectivity index (χ1n) is 9.81. The Morgan fingerprint density at radius 2 is 1.85 bits per heavy atom. The Balaban J connectivity index is 1.83. The van der Waals surface area contributed by atoms with Crippen LogP contribution in [0.1, 0.15) is 50.7 Å². The number of benzene rings is 2. The zero-order chi connectivity index (χ0) is 19.4. The van der Waals surface area contributed by atoms with Gasteiger partial charge in [-0.1, -0.05) is 57.2 Å². The molecule has 0 saturated carbocycles. The normalized spacial score (nSPS) is 14.6. The second-order valence-electron chi connectivity index (χ2n) is 7.45. The van der Waals surface area contributed by atoms with Gasteiger partial charge in [-0.2, -0.15) is 0 Å². The average Bonchev–Trinajstić information content (AvgIpc) is 2.68. The van der Waals surface area contributed by atoms with Crippen LogP contribution in [0.5, 0.6) is 0 Å². The highest BCUT2D eigenvalue weighted by Gasteiger charge is 2.25. The molecule has 2 aromatic carbocycles. The van der Waals surface area contributed by atoms with Crippen molar-refractivity contribution in [3.05, 3.63) is 59.7 Å². The quantitative estimate of drug-likeness (QED) is 0.832. The molecule has 1 unspecified atom stereocenters. The largest absolute Gasteiger partial charge is 0.325 e. The van der Waals surface area contributed by atoms with Crippen molar-refractivity contribution in [2.45, 2.75) is 46.0 Å². The number of hydrogen-bond donors (Lipinski definition) is 1. The Kier molecular flexibility index (Phi) is 5.94. The highest BCUT2D eigenvalue weighted by molar-refractivity contribution is 5.99. The fraction of sp³-hybridized carbons (Fsp3) is 0.391. The number of amides is 2. The standard InChI is InChI=1S/C23H28N2O2/c1-4-20(17-9-6-5-7-10-17)22(26)24-19-13-12-18-11-8-14-25(21(18)15-19)23(27)16(2)3/h5-7,9-10,12-13,15-16,20H,4,8,11,14H2,1-3H3,(H,24,26). The topological polar surface area (TPSA) is 49.4 Å². The number of nitrogens with zero attached hydrogens (tertiary/aromatic N) is 1. The molecule has 0 aliphatic carbocycles. The number of nitrogens with one attached hydrogen (secondary N) is 1. The molecule has 0 fully saturated rings. The second kappa shape index (κ2) is 8.38. The molecule has 27 heavy (non-hydrogen) atoms. The summed E-state index contributed by atoms with van der Waals surface area (Å²) in [6, 6.07) is 15.8. The third kappa shape index (κ3) is 4.21. The van der Waals surface area contributed by atoms with Crippen molar-refractivity contribution in [3.8, 4) is 0 Å². The van der Waals surface area contributed by atoms with Crippen molar-refractivity contribution in [2.75, 3.05) is 16.8 Å². The van der Waals surface area contributed by atoms with E-state index in [0.717, 1.165) is 42.7 Å². The van der Waals surface area contributed by atoms with Crippen molar-refractivity contribution in [1.29, 1.82) is 0 Å². The summed E-state index contributed by atoms with van der Waals surface area (Å²) in [7, 11) is 0. The minimum absolute atomic E-state index is 0.0128. The molecule has 4 heteroatoms. The Hall–Kier alpha value is -2.62. The van der Waals surface area contributed by atoms with E-state index >= 15 is 0 Å². The van der Waals surface area contributed by atoms with Gasteiger partial charge in [-0.3, -0.25) is 9.59 Å². The van der Waals surface area contributed by atoms with Gasteiger partial charge in [0.25, 0.3) is 0 Å². The summed E-state index contributed by atoms with van der Waals surface area (Å²) in [5, 5.41) is 3.05. The van der Waals surface area contributed by atoms with E-state index < -0.39 is 0 Å². The first kappa shape index (κ1) is 19.2. The molecule has 2 amide bonds. The lowest BCUT2D eigenvalue weighted by molar-refractivity contribution is -0.121. The van der Waals surface area contributed by atoms with E-state index in [9.17, 15) is 9.59 Å². The number of rotatable bonds is 5. The Morgan fingerprint density at radius 3 is 2.52 bits per heavy atom. The van der Waals surface area contributed by atoms with Gasteiger partial charge in [0, 0.05) is 23.8 Å². The van der Waals surface area contributed by atoms with Gasteiger partial charge in [0.2, 0.25) is 11.8 Å². The monoisotopic (exact) mass is 364 g/mol. The second-order valence-corrected chi connectivity index (χ2v) is 7.45. The number of anilines is 2. The van der Waals surface area contributed by atoms with Crippen molar-refractivity contribution >= 4 is 23.2 Å². The SMILES string of the molecule is CCC(C(=O)Nc1ccc2c(c1)N(C(=O)C(C)C)CCC2)c1ccccc1. The molecule has 1 atom stereocenters. The molecule has 1 aliphatic heterocycles. The molecule has 1 heterocycles. The highest BCUT2D eigenvalue weighted by atomic mass is 16.2. The third-order valence-corrected chi connectivity index (χ3v) is 5.16. The summed E-state index contributed by atoms with van der Waals surface area (Å²) >= 11 is 0. The van der Waals surface area contributed by atoms with Crippen molar-refractivity contribution in [1.82, 2.24) is 0 Å². The van der Waals surface area contributed by atoms with Crippen LogP contribution in [0.25, 0.3) is 0 Å². The summed E-state index contributed by atoms with van der Waals surface area (Å²) in [6.45, 7) is 6.61. The third-order valence-electron chi connectivity index (χ3n) is 5.16.